The minimum atomic E-state index is -0.110. The van der Waals surface area contributed by atoms with Crippen molar-refractivity contribution in [1.82, 2.24) is 9.88 Å². The predicted molar refractivity (Wildman–Crippen MR) is 143 cm³/mol. The molecule has 0 spiro atoms. The lowest BCUT2D eigenvalue weighted by molar-refractivity contribution is 0.0953. The molecule has 0 aliphatic carbocycles. The molecule has 3 aromatic carbocycles. The average Bonchev–Trinajstić information content (AvgIpc) is 3.17. The van der Waals surface area contributed by atoms with Crippen LogP contribution < -0.4 is 14.9 Å². The first-order valence-electron chi connectivity index (χ1n) is 11.8. The van der Waals surface area contributed by atoms with Crippen LogP contribution in [0.2, 0.25) is 0 Å². The van der Waals surface area contributed by atoms with Gasteiger partial charge in [0.05, 0.1) is 18.5 Å². The number of benzene rings is 3. The number of carbonyl (C=O) groups excluding carboxylic acids is 1. The summed E-state index contributed by atoms with van der Waals surface area (Å²) in [5.74, 6) is 0.516. The number of methoxy groups -OCH3 is 1. The average molecular weight is 487 g/mol. The molecule has 4 rings (SSSR count). The van der Waals surface area contributed by atoms with E-state index < -0.39 is 0 Å². The highest BCUT2D eigenvalue weighted by Gasteiger charge is 2.19. The molecule has 0 atom stereocenters. The third kappa shape index (κ3) is 5.72. The second-order valence-corrected chi connectivity index (χ2v) is 9.73. The lowest BCUT2D eigenvalue weighted by Gasteiger charge is -2.14. The van der Waals surface area contributed by atoms with E-state index in [1.807, 2.05) is 68.4 Å². The molecule has 1 aromatic heterocycles. The molecule has 6 heteroatoms. The first kappa shape index (κ1) is 24.5. The van der Waals surface area contributed by atoms with Gasteiger partial charge in [0.2, 0.25) is 0 Å². The van der Waals surface area contributed by atoms with Crippen molar-refractivity contribution in [3.05, 3.63) is 104 Å². The van der Waals surface area contributed by atoms with E-state index in [1.165, 1.54) is 16.9 Å². The van der Waals surface area contributed by atoms with E-state index in [2.05, 4.69) is 17.4 Å². The van der Waals surface area contributed by atoms with Gasteiger partial charge in [-0.05, 0) is 68.5 Å². The molecule has 0 radical (unpaired) electrons. The molecule has 4 aromatic rings. The van der Waals surface area contributed by atoms with Crippen molar-refractivity contribution in [2.45, 2.75) is 33.1 Å². The summed E-state index contributed by atoms with van der Waals surface area (Å²) in [6.07, 6.45) is 2.93. The summed E-state index contributed by atoms with van der Waals surface area (Å²) in [5.41, 5.74) is 5.22. The Morgan fingerprint density at radius 2 is 1.77 bits per heavy atom. The van der Waals surface area contributed by atoms with Crippen molar-refractivity contribution in [3.8, 4) is 22.7 Å². The lowest BCUT2D eigenvalue weighted by Crippen LogP contribution is -2.24. The molecule has 0 fully saturated rings. The summed E-state index contributed by atoms with van der Waals surface area (Å²) in [5, 5.41) is 3.03. The Kier molecular flexibility index (Phi) is 7.83. The maximum Gasteiger partial charge on any atom is 0.312 e. The van der Waals surface area contributed by atoms with Crippen molar-refractivity contribution < 1.29 is 9.53 Å². The quantitative estimate of drug-likeness (QED) is 0.298. The van der Waals surface area contributed by atoms with Gasteiger partial charge in [0.25, 0.3) is 5.91 Å². The maximum absolute atomic E-state index is 13.0. The van der Waals surface area contributed by atoms with Gasteiger partial charge < -0.3 is 10.1 Å². The molecule has 5 nitrogen and oxygen atoms in total. The van der Waals surface area contributed by atoms with Gasteiger partial charge in [-0.25, -0.2) is 0 Å². The van der Waals surface area contributed by atoms with E-state index in [-0.39, 0.29) is 10.8 Å². The normalized spacial score (nSPS) is 10.8. The SMILES string of the molecule is COc1ccc(C)cc1-n1c(-c2cccc(C(=O)NCCCCc3ccccc3)c2)c(C)sc1=O. The third-order valence-electron chi connectivity index (χ3n) is 5.97. The number of rotatable bonds is 9. The molecule has 1 N–H and O–H groups in total. The fourth-order valence-corrected chi connectivity index (χ4v) is 5.06. The topological polar surface area (TPSA) is 60.3 Å². The van der Waals surface area contributed by atoms with E-state index in [0.29, 0.717) is 23.5 Å². The molecular formula is C29H30N2O3S. The van der Waals surface area contributed by atoms with Crippen molar-refractivity contribution in [1.29, 1.82) is 0 Å². The van der Waals surface area contributed by atoms with Crippen molar-refractivity contribution in [2.24, 2.45) is 0 Å². The molecule has 1 amide bonds. The van der Waals surface area contributed by atoms with Gasteiger partial charge in [0.1, 0.15) is 5.75 Å². The molecule has 0 aliphatic rings. The third-order valence-corrected chi connectivity index (χ3v) is 6.83. The van der Waals surface area contributed by atoms with Crippen LogP contribution in [0.5, 0.6) is 5.75 Å². The molecule has 180 valence electrons. The Hall–Kier alpha value is -3.64. The van der Waals surface area contributed by atoms with E-state index >= 15 is 0 Å². The second-order valence-electron chi connectivity index (χ2n) is 8.56. The molecule has 0 unspecified atom stereocenters. The van der Waals surface area contributed by atoms with E-state index in [9.17, 15) is 9.59 Å². The zero-order chi connectivity index (χ0) is 24.8. The minimum Gasteiger partial charge on any atom is -0.495 e. The van der Waals surface area contributed by atoms with Crippen LogP contribution in [0.15, 0.2) is 77.6 Å². The Labute approximate surface area is 210 Å². The monoisotopic (exact) mass is 486 g/mol. The van der Waals surface area contributed by atoms with Crippen LogP contribution in [0.4, 0.5) is 0 Å². The Balaban J connectivity index is 1.52. The summed E-state index contributed by atoms with van der Waals surface area (Å²) in [7, 11) is 1.60. The summed E-state index contributed by atoms with van der Waals surface area (Å²) in [6, 6.07) is 23.6. The maximum atomic E-state index is 13.0. The number of ether oxygens (including phenoxy) is 1. The zero-order valence-corrected chi connectivity index (χ0v) is 21.2. The Morgan fingerprint density at radius 1 is 0.971 bits per heavy atom. The number of aryl methyl sites for hydroxylation is 3. The summed E-state index contributed by atoms with van der Waals surface area (Å²) in [6.45, 7) is 4.54. The van der Waals surface area contributed by atoms with Crippen LogP contribution >= 0.6 is 11.3 Å². The van der Waals surface area contributed by atoms with Crippen LogP contribution in [0.3, 0.4) is 0 Å². The number of nitrogens with one attached hydrogen (secondary N) is 1. The minimum absolute atomic E-state index is 0.0883. The number of carbonyl (C=O) groups is 1. The molecule has 0 saturated heterocycles. The molecule has 35 heavy (non-hydrogen) atoms. The number of hydrogen-bond donors (Lipinski definition) is 1. The predicted octanol–water partition coefficient (Wildman–Crippen LogP) is 5.94. The number of thiazole rings is 1. The Morgan fingerprint density at radius 3 is 2.54 bits per heavy atom. The van der Waals surface area contributed by atoms with E-state index in [4.69, 9.17) is 4.74 Å². The van der Waals surface area contributed by atoms with Gasteiger partial charge >= 0.3 is 4.87 Å². The highest BCUT2D eigenvalue weighted by atomic mass is 32.1. The fourth-order valence-electron chi connectivity index (χ4n) is 4.21. The standard InChI is InChI=1S/C29H30N2O3S/c1-20-15-16-26(34-3)25(18-20)31-27(21(2)35-29(31)33)23-13-9-14-24(19-23)28(32)30-17-8-7-12-22-10-5-4-6-11-22/h4-6,9-11,13-16,18-19H,7-8,12,17H2,1-3H3,(H,30,32). The van der Waals surface area contributed by atoms with Gasteiger partial charge in [-0.2, -0.15) is 0 Å². The lowest BCUT2D eigenvalue weighted by atomic mass is 10.1. The second kappa shape index (κ2) is 11.2. The molecule has 0 bridgehead atoms. The number of unbranched alkanes of at least 4 members (excludes halogenated alkanes) is 1. The molecule has 0 aliphatic heterocycles. The highest BCUT2D eigenvalue weighted by molar-refractivity contribution is 7.09. The van der Waals surface area contributed by atoms with E-state index in [0.717, 1.165) is 41.0 Å². The van der Waals surface area contributed by atoms with Crippen LogP contribution in [0.25, 0.3) is 16.9 Å². The summed E-state index contributed by atoms with van der Waals surface area (Å²) in [4.78, 5) is 26.6. The number of amides is 1. The summed E-state index contributed by atoms with van der Waals surface area (Å²) >= 11 is 1.19. The largest absolute Gasteiger partial charge is 0.495 e. The van der Waals surface area contributed by atoms with Crippen LogP contribution in [-0.4, -0.2) is 24.1 Å². The first-order chi connectivity index (χ1) is 17.0. The van der Waals surface area contributed by atoms with Crippen molar-refractivity contribution in [2.75, 3.05) is 13.7 Å². The van der Waals surface area contributed by atoms with Crippen molar-refractivity contribution >= 4 is 17.2 Å². The molecule has 0 saturated carbocycles. The zero-order valence-electron chi connectivity index (χ0n) is 20.3. The fraction of sp³-hybridized carbons (Fsp3) is 0.241. The highest BCUT2D eigenvalue weighted by Crippen LogP contribution is 2.32. The molecule has 1 heterocycles. The first-order valence-corrected chi connectivity index (χ1v) is 12.6. The smallest absolute Gasteiger partial charge is 0.312 e. The number of aromatic nitrogens is 1. The van der Waals surface area contributed by atoms with Gasteiger partial charge in [0.15, 0.2) is 0 Å². The van der Waals surface area contributed by atoms with Gasteiger partial charge in [0, 0.05) is 22.5 Å². The van der Waals surface area contributed by atoms with Gasteiger partial charge in [-0.15, -0.1) is 0 Å². The summed E-state index contributed by atoms with van der Waals surface area (Å²) < 4.78 is 7.23. The van der Waals surface area contributed by atoms with Gasteiger partial charge in [-0.3, -0.25) is 14.2 Å². The van der Waals surface area contributed by atoms with Crippen LogP contribution in [0.1, 0.15) is 39.2 Å². The Bertz CT molecular complexity index is 1370. The van der Waals surface area contributed by atoms with Crippen LogP contribution in [0, 0.1) is 13.8 Å². The molecular weight excluding hydrogens is 456 g/mol. The number of nitrogens with zero attached hydrogens (tertiary/aromatic N) is 1. The van der Waals surface area contributed by atoms with Crippen LogP contribution in [-0.2, 0) is 6.42 Å². The number of hydrogen-bond acceptors (Lipinski definition) is 4. The van der Waals surface area contributed by atoms with Crippen molar-refractivity contribution in [3.63, 3.8) is 0 Å². The van der Waals surface area contributed by atoms with E-state index in [1.54, 1.807) is 17.7 Å². The van der Waals surface area contributed by atoms with Gasteiger partial charge in [-0.1, -0.05) is 59.9 Å².